The van der Waals surface area contributed by atoms with Crippen molar-refractivity contribution in [3.8, 4) is 0 Å². The lowest BCUT2D eigenvalue weighted by Gasteiger charge is -2.64. The maximum atomic E-state index is 12.1. The van der Waals surface area contributed by atoms with Crippen molar-refractivity contribution < 1.29 is 25.2 Å². The van der Waals surface area contributed by atoms with Crippen LogP contribution < -0.4 is 0 Å². The molecule has 1 spiro atoms. The number of aliphatic carboxylic acids is 1. The van der Waals surface area contributed by atoms with Gasteiger partial charge in [0.05, 0.1) is 23.7 Å². The van der Waals surface area contributed by atoms with Gasteiger partial charge in [-0.3, -0.25) is 4.79 Å². The quantitative estimate of drug-likeness (QED) is 0.611. The summed E-state index contributed by atoms with van der Waals surface area (Å²) in [5, 5.41) is 41.2. The highest BCUT2D eigenvalue weighted by Gasteiger charge is 2.69. The normalized spacial score (nSPS) is 57.6. The number of carboxylic acids is 1. The Morgan fingerprint density at radius 3 is 2.44 bits per heavy atom. The van der Waals surface area contributed by atoms with Crippen LogP contribution in [0.1, 0.15) is 65.2 Å². The molecule has 1 unspecified atom stereocenters. The molecule has 2 bridgehead atoms. The Bertz CT molecular complexity index is 593. The fourth-order valence-corrected chi connectivity index (χ4v) is 8.01. The van der Waals surface area contributed by atoms with Crippen LogP contribution in [0.5, 0.6) is 0 Å². The summed E-state index contributed by atoms with van der Waals surface area (Å²) in [6, 6.07) is 0. The topological polar surface area (TPSA) is 98.0 Å². The SMILES string of the molecule is C[C@@]12CCC(O)[C@@](C)(C(=O)O)[C@H]1CC[C@@]13C[C@@H](CC[C@H]12)[C@@](O)(CO)C3. The van der Waals surface area contributed by atoms with Crippen LogP contribution >= 0.6 is 0 Å². The molecule has 0 aliphatic heterocycles. The first-order valence-electron chi connectivity index (χ1n) is 9.87. The van der Waals surface area contributed by atoms with E-state index >= 15 is 0 Å². The summed E-state index contributed by atoms with van der Waals surface area (Å²) in [4.78, 5) is 12.1. The molecule has 5 nitrogen and oxygen atoms in total. The molecule has 4 N–H and O–H groups in total. The van der Waals surface area contributed by atoms with Crippen LogP contribution in [0.3, 0.4) is 0 Å². The smallest absolute Gasteiger partial charge is 0.312 e. The Balaban J connectivity index is 1.74. The highest BCUT2D eigenvalue weighted by atomic mass is 16.4. The van der Waals surface area contributed by atoms with Crippen molar-refractivity contribution in [2.75, 3.05) is 6.61 Å². The van der Waals surface area contributed by atoms with Crippen molar-refractivity contribution in [3.63, 3.8) is 0 Å². The Kier molecular flexibility index (Phi) is 3.69. The van der Waals surface area contributed by atoms with Gasteiger partial charge in [0, 0.05) is 0 Å². The van der Waals surface area contributed by atoms with Gasteiger partial charge in [-0.25, -0.2) is 0 Å². The van der Waals surface area contributed by atoms with Gasteiger partial charge in [0.1, 0.15) is 0 Å². The van der Waals surface area contributed by atoms with Crippen LogP contribution in [0.4, 0.5) is 0 Å². The third-order valence-electron chi connectivity index (χ3n) is 9.24. The van der Waals surface area contributed by atoms with E-state index in [1.807, 2.05) is 0 Å². The Morgan fingerprint density at radius 1 is 1.08 bits per heavy atom. The van der Waals surface area contributed by atoms with Gasteiger partial charge in [-0.2, -0.15) is 0 Å². The summed E-state index contributed by atoms with van der Waals surface area (Å²) in [6.45, 7) is 3.81. The molecule has 8 atom stereocenters. The lowest BCUT2D eigenvalue weighted by molar-refractivity contribution is -0.204. The number of hydrogen-bond donors (Lipinski definition) is 4. The molecule has 4 rings (SSSR count). The van der Waals surface area contributed by atoms with Crippen molar-refractivity contribution in [1.29, 1.82) is 0 Å². The van der Waals surface area contributed by atoms with Gasteiger partial charge in [-0.15, -0.1) is 0 Å². The summed E-state index contributed by atoms with van der Waals surface area (Å²) in [7, 11) is 0. The first kappa shape index (κ1) is 17.7. The molecule has 4 fully saturated rings. The second-order valence-electron chi connectivity index (χ2n) is 10.1. The highest BCUT2D eigenvalue weighted by Crippen LogP contribution is 2.72. The molecule has 0 aromatic carbocycles. The van der Waals surface area contributed by atoms with E-state index in [1.165, 1.54) is 0 Å². The van der Waals surface area contributed by atoms with Crippen molar-refractivity contribution in [1.82, 2.24) is 0 Å². The standard InChI is InChI=1S/C20H32O5/c1-17-7-6-15(22)18(2,16(23)24)13(17)5-8-19-9-12(3-4-14(17)19)20(25,10-19)11-21/h12-15,21-22,25H,3-11H2,1-2H3,(H,23,24)/t12-,13+,14+,15?,17-,18+,19+,20+/m1/s1. The second-order valence-corrected chi connectivity index (χ2v) is 10.1. The molecule has 0 aromatic rings. The van der Waals surface area contributed by atoms with Gasteiger partial charge in [0.15, 0.2) is 0 Å². The van der Waals surface area contributed by atoms with Gasteiger partial charge in [0.25, 0.3) is 0 Å². The zero-order chi connectivity index (χ0) is 18.3. The van der Waals surface area contributed by atoms with Crippen LogP contribution in [0.25, 0.3) is 0 Å². The molecule has 0 aromatic heterocycles. The summed E-state index contributed by atoms with van der Waals surface area (Å²) in [5.74, 6) is -0.356. The van der Waals surface area contributed by atoms with Crippen LogP contribution in [0.2, 0.25) is 0 Å². The summed E-state index contributed by atoms with van der Waals surface area (Å²) >= 11 is 0. The molecule has 0 heterocycles. The Labute approximate surface area is 149 Å². The summed E-state index contributed by atoms with van der Waals surface area (Å²) in [5.41, 5.74) is -2.12. The molecule has 0 radical (unpaired) electrons. The van der Waals surface area contributed by atoms with Gasteiger partial charge in [0.2, 0.25) is 0 Å². The van der Waals surface area contributed by atoms with E-state index in [9.17, 15) is 25.2 Å². The van der Waals surface area contributed by atoms with Gasteiger partial charge in [-0.1, -0.05) is 6.92 Å². The third-order valence-corrected chi connectivity index (χ3v) is 9.24. The molecule has 5 heteroatoms. The summed E-state index contributed by atoms with van der Waals surface area (Å²) < 4.78 is 0. The first-order chi connectivity index (χ1) is 11.6. The zero-order valence-corrected chi connectivity index (χ0v) is 15.4. The molecule has 4 saturated carbocycles. The van der Waals surface area contributed by atoms with Gasteiger partial charge in [-0.05, 0) is 86.9 Å². The van der Waals surface area contributed by atoms with E-state index in [4.69, 9.17) is 0 Å². The number of carbonyl (C=O) groups is 1. The zero-order valence-electron chi connectivity index (χ0n) is 15.4. The number of fused-ring (bicyclic) bond motifs is 3. The lowest BCUT2D eigenvalue weighted by Crippen LogP contribution is -2.62. The highest BCUT2D eigenvalue weighted by molar-refractivity contribution is 5.76. The molecule has 4 aliphatic carbocycles. The molecule has 4 aliphatic rings. The molecule has 0 saturated heterocycles. The van der Waals surface area contributed by atoms with Crippen LogP contribution in [0, 0.1) is 34.0 Å². The molecule has 142 valence electrons. The monoisotopic (exact) mass is 352 g/mol. The van der Waals surface area contributed by atoms with E-state index in [0.717, 1.165) is 38.5 Å². The van der Waals surface area contributed by atoms with Crippen molar-refractivity contribution in [2.45, 2.75) is 76.9 Å². The van der Waals surface area contributed by atoms with E-state index < -0.39 is 23.1 Å². The van der Waals surface area contributed by atoms with E-state index in [0.29, 0.717) is 18.8 Å². The third kappa shape index (κ3) is 2.03. The van der Waals surface area contributed by atoms with E-state index in [1.54, 1.807) is 6.92 Å². The van der Waals surface area contributed by atoms with E-state index in [2.05, 4.69) is 6.92 Å². The van der Waals surface area contributed by atoms with Crippen LogP contribution in [0.15, 0.2) is 0 Å². The van der Waals surface area contributed by atoms with Gasteiger partial charge < -0.3 is 20.4 Å². The van der Waals surface area contributed by atoms with Crippen LogP contribution in [-0.2, 0) is 4.79 Å². The molecule has 25 heavy (non-hydrogen) atoms. The Morgan fingerprint density at radius 2 is 1.80 bits per heavy atom. The minimum absolute atomic E-state index is 0.0313. The number of hydrogen-bond acceptors (Lipinski definition) is 4. The number of rotatable bonds is 2. The van der Waals surface area contributed by atoms with E-state index in [-0.39, 0.29) is 29.3 Å². The predicted octanol–water partition coefficient (Wildman–Crippen LogP) is 2.18. The molecule has 0 amide bonds. The van der Waals surface area contributed by atoms with Gasteiger partial charge >= 0.3 is 5.97 Å². The fraction of sp³-hybridized carbons (Fsp3) is 0.950. The largest absolute Gasteiger partial charge is 0.481 e. The lowest BCUT2D eigenvalue weighted by atomic mass is 9.40. The Hall–Kier alpha value is -0.650. The fourth-order valence-electron chi connectivity index (χ4n) is 8.01. The predicted molar refractivity (Wildman–Crippen MR) is 91.7 cm³/mol. The number of aliphatic hydroxyl groups is 3. The average molecular weight is 352 g/mol. The first-order valence-corrected chi connectivity index (χ1v) is 9.87. The van der Waals surface area contributed by atoms with Crippen molar-refractivity contribution in [3.05, 3.63) is 0 Å². The van der Waals surface area contributed by atoms with Crippen molar-refractivity contribution >= 4 is 5.97 Å². The number of aliphatic hydroxyl groups excluding tert-OH is 2. The minimum atomic E-state index is -1.09. The molecular weight excluding hydrogens is 320 g/mol. The minimum Gasteiger partial charge on any atom is -0.481 e. The summed E-state index contributed by atoms with van der Waals surface area (Å²) in [6.07, 6.45) is 5.85. The van der Waals surface area contributed by atoms with Crippen molar-refractivity contribution in [2.24, 2.45) is 34.0 Å². The van der Waals surface area contributed by atoms with Crippen LogP contribution in [-0.4, -0.2) is 44.7 Å². The number of carboxylic acid groups (broad SMARTS) is 1. The maximum absolute atomic E-state index is 12.1. The molecular formula is C20H32O5. The maximum Gasteiger partial charge on any atom is 0.312 e. The average Bonchev–Trinajstić information content (AvgIpc) is 2.78. The second kappa shape index (κ2) is 5.20.